The van der Waals surface area contributed by atoms with E-state index in [4.69, 9.17) is 9.15 Å². The van der Waals surface area contributed by atoms with Crippen molar-refractivity contribution >= 4 is 22.8 Å². The molecule has 2 rings (SSSR count). The molecular formula is C21H26NO6-. The maximum absolute atomic E-state index is 12.3. The average molecular weight is 388 g/mol. The Morgan fingerprint density at radius 2 is 1.93 bits per heavy atom. The summed E-state index contributed by atoms with van der Waals surface area (Å²) in [6, 6.07) is 5.43. The quantitative estimate of drug-likeness (QED) is 0.656. The molecule has 2 aromatic rings. The van der Waals surface area contributed by atoms with Crippen LogP contribution in [0.25, 0.3) is 11.0 Å². The first-order valence-corrected chi connectivity index (χ1v) is 9.51. The highest BCUT2D eigenvalue weighted by Crippen LogP contribution is 2.24. The lowest BCUT2D eigenvalue weighted by Crippen LogP contribution is -2.54. The highest BCUT2D eigenvalue weighted by molar-refractivity contribution is 5.86. The lowest BCUT2D eigenvalue weighted by Gasteiger charge is -2.26. The van der Waals surface area contributed by atoms with Crippen molar-refractivity contribution in [1.82, 2.24) is 5.32 Å². The summed E-state index contributed by atoms with van der Waals surface area (Å²) in [4.78, 5) is 35.4. The fourth-order valence-corrected chi connectivity index (χ4v) is 2.96. The van der Waals surface area contributed by atoms with Gasteiger partial charge in [0.05, 0.1) is 12.0 Å². The predicted octanol–water partition coefficient (Wildman–Crippen LogP) is 1.79. The molecule has 152 valence electrons. The van der Waals surface area contributed by atoms with Crippen LogP contribution in [0.3, 0.4) is 0 Å². The van der Waals surface area contributed by atoms with Crippen molar-refractivity contribution in [1.29, 1.82) is 0 Å². The Balaban J connectivity index is 2.18. The number of rotatable bonds is 9. The summed E-state index contributed by atoms with van der Waals surface area (Å²) in [6.45, 7) is 7.11. The van der Waals surface area contributed by atoms with E-state index in [2.05, 4.69) is 5.32 Å². The second kappa shape index (κ2) is 9.39. The normalized spacial score (nSPS) is 14.3. The summed E-state index contributed by atoms with van der Waals surface area (Å²) in [5, 5.41) is 14.6. The fourth-order valence-electron chi connectivity index (χ4n) is 2.96. The molecule has 1 aromatic carbocycles. The Labute approximate surface area is 163 Å². The van der Waals surface area contributed by atoms with Crippen LogP contribution in [0.4, 0.5) is 0 Å². The Kier molecular flexibility index (Phi) is 7.20. The Bertz CT molecular complexity index is 903. The van der Waals surface area contributed by atoms with Gasteiger partial charge in [-0.1, -0.05) is 33.6 Å². The van der Waals surface area contributed by atoms with Gasteiger partial charge in [0.2, 0.25) is 0 Å². The van der Waals surface area contributed by atoms with Gasteiger partial charge in [-0.25, -0.2) is 4.79 Å². The van der Waals surface area contributed by atoms with Gasteiger partial charge in [-0.15, -0.1) is 0 Å². The number of carbonyl (C=O) groups is 2. The van der Waals surface area contributed by atoms with Crippen LogP contribution in [0.15, 0.2) is 33.5 Å². The van der Waals surface area contributed by atoms with Gasteiger partial charge in [0.15, 0.2) is 6.10 Å². The first-order valence-electron chi connectivity index (χ1n) is 9.51. The van der Waals surface area contributed by atoms with Crippen molar-refractivity contribution in [2.75, 3.05) is 0 Å². The Morgan fingerprint density at radius 3 is 2.54 bits per heavy atom. The van der Waals surface area contributed by atoms with Crippen LogP contribution in [-0.2, 0) is 16.0 Å². The molecule has 1 amide bonds. The van der Waals surface area contributed by atoms with E-state index in [0.717, 1.165) is 23.8 Å². The lowest BCUT2D eigenvalue weighted by molar-refractivity contribution is -0.309. The Hall–Kier alpha value is -2.83. The summed E-state index contributed by atoms with van der Waals surface area (Å²) >= 11 is 0. The first kappa shape index (κ1) is 21.5. The molecule has 0 aliphatic rings. The number of benzene rings is 1. The molecule has 0 spiro atoms. The van der Waals surface area contributed by atoms with Gasteiger partial charge in [0, 0.05) is 17.5 Å². The topological polar surface area (TPSA) is 109 Å². The molecule has 7 heteroatoms. The van der Waals surface area contributed by atoms with Crippen molar-refractivity contribution in [3.8, 4) is 5.75 Å². The zero-order valence-electron chi connectivity index (χ0n) is 16.6. The first-order chi connectivity index (χ1) is 13.3. The van der Waals surface area contributed by atoms with Crippen LogP contribution in [0.1, 0.15) is 46.1 Å². The number of carbonyl (C=O) groups excluding carboxylic acids is 2. The molecule has 0 fully saturated rings. The number of hydrogen-bond acceptors (Lipinski definition) is 6. The van der Waals surface area contributed by atoms with Crippen LogP contribution < -0.4 is 20.8 Å². The molecule has 1 heterocycles. The summed E-state index contributed by atoms with van der Waals surface area (Å²) in [6.07, 6.45) is 1.29. The van der Waals surface area contributed by atoms with Crippen molar-refractivity contribution in [3.63, 3.8) is 0 Å². The number of fused-ring (bicyclic) bond motifs is 1. The molecule has 0 aliphatic heterocycles. The predicted molar refractivity (Wildman–Crippen MR) is 103 cm³/mol. The third-order valence-electron chi connectivity index (χ3n) is 4.77. The van der Waals surface area contributed by atoms with Gasteiger partial charge in [-0.3, -0.25) is 4.79 Å². The minimum absolute atomic E-state index is 0.270. The van der Waals surface area contributed by atoms with Gasteiger partial charge in [-0.05, 0) is 37.0 Å². The van der Waals surface area contributed by atoms with E-state index < -0.39 is 29.6 Å². The number of nitrogens with one attached hydrogen (secondary N) is 1. The number of carboxylic acids is 1. The fraction of sp³-hybridized carbons (Fsp3) is 0.476. The summed E-state index contributed by atoms with van der Waals surface area (Å²) < 4.78 is 10.9. The second-order valence-electron chi connectivity index (χ2n) is 6.95. The monoisotopic (exact) mass is 388 g/mol. The SMILES string of the molecule is CCCc1cc(=O)oc2cc(O[C@H](C)C(=O)N[C@H](C(=O)[O-])[C@@H](C)CC)ccc12. The summed E-state index contributed by atoms with van der Waals surface area (Å²) in [5.74, 6) is -1.81. The van der Waals surface area contributed by atoms with Crippen molar-refractivity contribution in [2.45, 2.75) is 59.1 Å². The largest absolute Gasteiger partial charge is 0.548 e. The molecule has 0 unspecified atom stereocenters. The molecule has 0 radical (unpaired) electrons. The third-order valence-corrected chi connectivity index (χ3v) is 4.77. The molecule has 1 N–H and O–H groups in total. The average Bonchev–Trinajstić information content (AvgIpc) is 2.64. The van der Waals surface area contributed by atoms with E-state index in [1.165, 1.54) is 13.0 Å². The standard InChI is InChI=1S/C21H27NO6/c1-5-7-14-10-18(23)28-17-11-15(8-9-16(14)17)27-13(4)20(24)22-19(21(25)26)12(3)6-2/h8-13,19H,5-7H2,1-4H3,(H,22,24)(H,25,26)/p-1/t12-,13+,19-/m0/s1. The number of ether oxygens (including phenoxy) is 1. The molecule has 28 heavy (non-hydrogen) atoms. The summed E-state index contributed by atoms with van der Waals surface area (Å²) in [5.41, 5.74) is 0.842. The zero-order chi connectivity index (χ0) is 20.8. The van der Waals surface area contributed by atoms with E-state index in [0.29, 0.717) is 17.8 Å². The van der Waals surface area contributed by atoms with Gasteiger partial charge < -0.3 is 24.4 Å². The van der Waals surface area contributed by atoms with Crippen LogP contribution in [-0.4, -0.2) is 24.0 Å². The second-order valence-corrected chi connectivity index (χ2v) is 6.95. The molecule has 1 aromatic heterocycles. The van der Waals surface area contributed by atoms with Gasteiger partial charge in [-0.2, -0.15) is 0 Å². The van der Waals surface area contributed by atoms with Crippen LogP contribution in [0, 0.1) is 5.92 Å². The van der Waals surface area contributed by atoms with E-state index in [1.54, 1.807) is 25.1 Å². The molecule has 0 saturated heterocycles. The van der Waals surface area contributed by atoms with E-state index in [1.807, 2.05) is 13.8 Å². The minimum atomic E-state index is -1.33. The molecule has 0 aliphatic carbocycles. The maximum Gasteiger partial charge on any atom is 0.336 e. The molecular weight excluding hydrogens is 362 g/mol. The Morgan fingerprint density at radius 1 is 1.21 bits per heavy atom. The van der Waals surface area contributed by atoms with E-state index in [9.17, 15) is 19.5 Å². The van der Waals surface area contributed by atoms with Crippen LogP contribution >= 0.6 is 0 Å². The van der Waals surface area contributed by atoms with E-state index >= 15 is 0 Å². The zero-order valence-corrected chi connectivity index (χ0v) is 16.6. The minimum Gasteiger partial charge on any atom is -0.548 e. The van der Waals surface area contributed by atoms with Crippen molar-refractivity contribution < 1.29 is 23.8 Å². The number of aliphatic carboxylic acids is 1. The van der Waals surface area contributed by atoms with Crippen molar-refractivity contribution in [2.24, 2.45) is 5.92 Å². The summed E-state index contributed by atoms with van der Waals surface area (Å²) in [7, 11) is 0. The number of amides is 1. The number of hydrogen-bond donors (Lipinski definition) is 1. The molecule has 0 saturated carbocycles. The maximum atomic E-state index is 12.3. The number of carboxylic acid groups (broad SMARTS) is 1. The van der Waals surface area contributed by atoms with E-state index in [-0.39, 0.29) is 5.92 Å². The van der Waals surface area contributed by atoms with Gasteiger partial charge in [0.25, 0.3) is 5.91 Å². The highest BCUT2D eigenvalue weighted by Gasteiger charge is 2.23. The third kappa shape index (κ3) is 5.12. The van der Waals surface area contributed by atoms with Gasteiger partial charge in [0.1, 0.15) is 11.3 Å². The van der Waals surface area contributed by atoms with Gasteiger partial charge >= 0.3 is 5.63 Å². The van der Waals surface area contributed by atoms with Crippen LogP contribution in [0.2, 0.25) is 0 Å². The molecule has 7 nitrogen and oxygen atoms in total. The number of aryl methyl sites for hydroxylation is 1. The lowest BCUT2D eigenvalue weighted by atomic mass is 9.99. The molecule has 3 atom stereocenters. The highest BCUT2D eigenvalue weighted by atomic mass is 16.5. The molecule has 0 bridgehead atoms. The van der Waals surface area contributed by atoms with Crippen LogP contribution in [0.5, 0.6) is 5.75 Å². The van der Waals surface area contributed by atoms with Crippen molar-refractivity contribution in [3.05, 3.63) is 40.2 Å². The smallest absolute Gasteiger partial charge is 0.336 e.